The first-order chi connectivity index (χ1) is 10.5. The Balaban J connectivity index is 2.07. The highest BCUT2D eigenvalue weighted by atomic mass is 32.1. The van der Waals surface area contributed by atoms with Gasteiger partial charge in [0, 0.05) is 24.6 Å². The normalized spacial score (nSPS) is 12.2. The molecule has 3 N–H and O–H groups in total. The molecule has 0 aliphatic rings. The number of hydrogen-bond acceptors (Lipinski definition) is 5. The van der Waals surface area contributed by atoms with Crippen molar-refractivity contribution in [2.75, 3.05) is 19.0 Å². The van der Waals surface area contributed by atoms with Gasteiger partial charge in [-0.3, -0.25) is 4.79 Å². The van der Waals surface area contributed by atoms with Crippen molar-refractivity contribution in [3.05, 3.63) is 34.7 Å². The third-order valence-electron chi connectivity index (χ3n) is 3.42. The van der Waals surface area contributed by atoms with Crippen LogP contribution in [0.3, 0.4) is 0 Å². The summed E-state index contributed by atoms with van der Waals surface area (Å²) in [6.07, 6.45) is -0.0374. The van der Waals surface area contributed by atoms with Gasteiger partial charge in [0.1, 0.15) is 0 Å². The maximum atomic E-state index is 11.9. The van der Waals surface area contributed by atoms with Crippen LogP contribution in [0.15, 0.2) is 23.6 Å². The molecule has 0 saturated heterocycles. The van der Waals surface area contributed by atoms with Gasteiger partial charge >= 0.3 is 0 Å². The zero-order valence-corrected chi connectivity index (χ0v) is 13.9. The van der Waals surface area contributed by atoms with E-state index in [0.717, 1.165) is 11.3 Å². The molecule has 0 radical (unpaired) electrons. The Bertz CT molecular complexity index is 651. The van der Waals surface area contributed by atoms with Crippen molar-refractivity contribution in [1.29, 1.82) is 0 Å². The van der Waals surface area contributed by atoms with E-state index in [2.05, 4.69) is 42.3 Å². The van der Waals surface area contributed by atoms with Gasteiger partial charge < -0.3 is 15.8 Å². The summed E-state index contributed by atoms with van der Waals surface area (Å²) < 4.78 is 5.11. The number of amides is 1. The molecule has 0 bridgehead atoms. The molecule has 1 amide bonds. The van der Waals surface area contributed by atoms with Gasteiger partial charge in [-0.2, -0.15) is 0 Å². The number of nitrogens with two attached hydrogens (primary N) is 1. The fourth-order valence-electron chi connectivity index (χ4n) is 2.20. The topological polar surface area (TPSA) is 77.2 Å². The third-order valence-corrected chi connectivity index (χ3v) is 4.18. The van der Waals surface area contributed by atoms with Crippen molar-refractivity contribution in [1.82, 2.24) is 4.98 Å². The van der Waals surface area contributed by atoms with Crippen molar-refractivity contribution in [2.45, 2.75) is 26.4 Å². The van der Waals surface area contributed by atoms with Crippen LogP contribution < -0.4 is 11.1 Å². The molecule has 1 atom stereocenters. The van der Waals surface area contributed by atoms with Crippen molar-refractivity contribution in [3.8, 4) is 11.3 Å². The summed E-state index contributed by atoms with van der Waals surface area (Å²) in [5, 5.41) is 5.33. The molecule has 0 spiro atoms. The number of benzene rings is 1. The number of thiazole rings is 1. The van der Waals surface area contributed by atoms with Crippen LogP contribution in [0.5, 0.6) is 0 Å². The average molecular weight is 319 g/mol. The van der Waals surface area contributed by atoms with E-state index < -0.39 is 0 Å². The number of rotatable bonds is 6. The number of nitrogens with one attached hydrogen (secondary N) is 1. The van der Waals surface area contributed by atoms with Crippen LogP contribution >= 0.6 is 11.3 Å². The van der Waals surface area contributed by atoms with E-state index in [0.29, 0.717) is 11.7 Å². The van der Waals surface area contributed by atoms with Gasteiger partial charge in [-0.25, -0.2) is 4.98 Å². The molecule has 118 valence electrons. The van der Waals surface area contributed by atoms with Gasteiger partial charge in [0.05, 0.1) is 18.2 Å². The molecule has 2 aromatic rings. The maximum Gasteiger partial charge on any atom is 0.228 e. The minimum absolute atomic E-state index is 0.140. The molecule has 2 rings (SSSR count). The molecule has 1 aromatic heterocycles. The van der Waals surface area contributed by atoms with Crippen LogP contribution in [0.4, 0.5) is 5.13 Å². The first-order valence-corrected chi connectivity index (χ1v) is 7.97. The lowest BCUT2D eigenvalue weighted by Crippen LogP contribution is -2.28. The van der Waals surface area contributed by atoms with Crippen molar-refractivity contribution in [3.63, 3.8) is 0 Å². The quantitative estimate of drug-likeness (QED) is 0.858. The fraction of sp³-hybridized carbons (Fsp3) is 0.375. The zero-order valence-electron chi connectivity index (χ0n) is 13.1. The highest BCUT2D eigenvalue weighted by molar-refractivity contribution is 7.14. The van der Waals surface area contributed by atoms with E-state index in [4.69, 9.17) is 10.5 Å². The molecule has 0 saturated carbocycles. The molecule has 6 heteroatoms. The highest BCUT2D eigenvalue weighted by Gasteiger charge is 2.14. The van der Waals surface area contributed by atoms with Crippen LogP contribution in [0.1, 0.15) is 17.5 Å². The molecule has 1 aromatic carbocycles. The molecule has 5 nitrogen and oxygen atoms in total. The van der Waals surface area contributed by atoms with E-state index >= 15 is 0 Å². The predicted molar refractivity (Wildman–Crippen MR) is 90.1 cm³/mol. The second-order valence-electron chi connectivity index (χ2n) is 5.20. The van der Waals surface area contributed by atoms with E-state index in [-0.39, 0.29) is 18.4 Å². The monoisotopic (exact) mass is 319 g/mol. The Morgan fingerprint density at radius 1 is 1.45 bits per heavy atom. The molecular formula is C16H21N3O2S. The van der Waals surface area contributed by atoms with Crippen molar-refractivity contribution >= 4 is 22.4 Å². The van der Waals surface area contributed by atoms with Crippen LogP contribution in [-0.2, 0) is 9.53 Å². The minimum Gasteiger partial charge on any atom is -0.380 e. The Labute approximate surface area is 134 Å². The number of carbonyl (C=O) groups is 1. The van der Waals surface area contributed by atoms with Gasteiger partial charge in [0.15, 0.2) is 5.13 Å². The second-order valence-corrected chi connectivity index (χ2v) is 6.06. The Hall–Kier alpha value is -1.76. The van der Waals surface area contributed by atoms with E-state index in [9.17, 15) is 4.79 Å². The molecule has 0 aliphatic carbocycles. The number of methoxy groups -OCH3 is 1. The summed E-state index contributed by atoms with van der Waals surface area (Å²) in [7, 11) is 1.55. The van der Waals surface area contributed by atoms with Crippen molar-refractivity contribution < 1.29 is 9.53 Å². The lowest BCUT2D eigenvalue weighted by Gasteiger charge is -2.11. The Morgan fingerprint density at radius 3 is 2.86 bits per heavy atom. The van der Waals surface area contributed by atoms with Gasteiger partial charge in [-0.15, -0.1) is 11.3 Å². The Morgan fingerprint density at radius 2 is 2.23 bits per heavy atom. The number of ether oxygens (including phenoxy) is 1. The van der Waals surface area contributed by atoms with Crippen molar-refractivity contribution in [2.24, 2.45) is 5.73 Å². The van der Waals surface area contributed by atoms with Crippen LogP contribution in [0.25, 0.3) is 11.3 Å². The van der Waals surface area contributed by atoms with Crippen LogP contribution in [0, 0.1) is 13.8 Å². The van der Waals surface area contributed by atoms with Crippen LogP contribution in [0.2, 0.25) is 0 Å². The molecular weight excluding hydrogens is 298 g/mol. The summed E-state index contributed by atoms with van der Waals surface area (Å²) in [4.78, 5) is 16.4. The molecule has 22 heavy (non-hydrogen) atoms. The second kappa shape index (κ2) is 7.49. The molecule has 1 unspecified atom stereocenters. The largest absolute Gasteiger partial charge is 0.380 e. The SMILES string of the molecule is COC(CN)CC(=O)Nc1nc(-c2ccc(C)cc2C)cs1. The number of aromatic nitrogens is 1. The molecule has 1 heterocycles. The summed E-state index contributed by atoms with van der Waals surface area (Å²) in [6, 6.07) is 6.24. The van der Waals surface area contributed by atoms with E-state index in [1.165, 1.54) is 22.5 Å². The number of hydrogen-bond donors (Lipinski definition) is 2. The number of aryl methyl sites for hydroxylation is 2. The third kappa shape index (κ3) is 4.13. The minimum atomic E-state index is -0.265. The standard InChI is InChI=1S/C16H21N3O2S/c1-10-4-5-13(11(2)6-10)14-9-22-16(18-14)19-15(20)7-12(8-17)21-3/h4-6,9,12H,7-8,17H2,1-3H3,(H,18,19,20). The van der Waals surface area contributed by atoms with E-state index in [1.54, 1.807) is 7.11 Å². The summed E-state index contributed by atoms with van der Waals surface area (Å²) >= 11 is 1.41. The summed E-state index contributed by atoms with van der Waals surface area (Å²) in [6.45, 7) is 4.44. The van der Waals surface area contributed by atoms with Gasteiger partial charge in [-0.05, 0) is 19.4 Å². The summed E-state index contributed by atoms with van der Waals surface area (Å²) in [5.41, 5.74) is 9.87. The first kappa shape index (κ1) is 16.6. The zero-order chi connectivity index (χ0) is 16.1. The number of carbonyl (C=O) groups excluding carboxylic acids is 1. The summed E-state index contributed by atoms with van der Waals surface area (Å²) in [5.74, 6) is -0.140. The molecule has 0 fully saturated rings. The average Bonchev–Trinajstić information content (AvgIpc) is 2.92. The lowest BCUT2D eigenvalue weighted by atomic mass is 10.0. The van der Waals surface area contributed by atoms with Gasteiger partial charge in [-0.1, -0.05) is 23.8 Å². The first-order valence-electron chi connectivity index (χ1n) is 7.09. The molecule has 0 aliphatic heterocycles. The number of nitrogens with zero attached hydrogens (tertiary/aromatic N) is 1. The predicted octanol–water partition coefficient (Wildman–Crippen LogP) is 2.73. The van der Waals surface area contributed by atoms with Gasteiger partial charge in [0.25, 0.3) is 0 Å². The lowest BCUT2D eigenvalue weighted by molar-refractivity contribution is -0.118. The highest BCUT2D eigenvalue weighted by Crippen LogP contribution is 2.28. The Kier molecular flexibility index (Phi) is 5.65. The fourth-order valence-corrected chi connectivity index (χ4v) is 2.92. The van der Waals surface area contributed by atoms with Gasteiger partial charge in [0.2, 0.25) is 5.91 Å². The number of anilines is 1. The van der Waals surface area contributed by atoms with E-state index in [1.807, 2.05) is 5.38 Å². The smallest absolute Gasteiger partial charge is 0.228 e. The van der Waals surface area contributed by atoms with Crippen LogP contribution in [-0.4, -0.2) is 30.6 Å². The maximum absolute atomic E-state index is 11.9.